The van der Waals surface area contributed by atoms with Crippen LogP contribution in [-0.2, 0) is 22.7 Å². The second-order valence-electron chi connectivity index (χ2n) is 5.84. The molecule has 0 bridgehead atoms. The molecule has 0 saturated heterocycles. The van der Waals surface area contributed by atoms with Crippen molar-refractivity contribution in [3.05, 3.63) is 89.6 Å². The normalized spacial score (nSPS) is 10.3. The van der Waals surface area contributed by atoms with Gasteiger partial charge in [0.05, 0.1) is 12.8 Å². The molecule has 3 rings (SSSR count). The minimum Gasteiger partial charge on any atom is -0.488 e. The van der Waals surface area contributed by atoms with Crippen molar-refractivity contribution >= 4 is 11.9 Å². The van der Waals surface area contributed by atoms with Crippen LogP contribution in [0, 0.1) is 5.82 Å². The third-order valence-corrected chi connectivity index (χ3v) is 3.79. The second kappa shape index (κ2) is 9.36. The first-order valence-electron chi connectivity index (χ1n) is 8.54. The molecule has 0 aliphatic carbocycles. The monoisotopic (exact) mass is 383 g/mol. The van der Waals surface area contributed by atoms with Crippen LogP contribution < -0.4 is 10.1 Å². The third kappa shape index (κ3) is 5.44. The van der Waals surface area contributed by atoms with Gasteiger partial charge in [-0.15, -0.1) is 0 Å². The van der Waals surface area contributed by atoms with Crippen LogP contribution in [-0.4, -0.2) is 18.5 Å². The lowest BCUT2D eigenvalue weighted by molar-refractivity contribution is -0.124. The van der Waals surface area contributed by atoms with E-state index in [0.29, 0.717) is 11.5 Å². The number of carbonyl (C=O) groups excluding carboxylic acids is 2. The van der Waals surface area contributed by atoms with Gasteiger partial charge < -0.3 is 19.2 Å². The highest BCUT2D eigenvalue weighted by Crippen LogP contribution is 2.20. The molecule has 0 atom stereocenters. The van der Waals surface area contributed by atoms with Gasteiger partial charge in [0.15, 0.2) is 6.61 Å². The predicted molar refractivity (Wildman–Crippen MR) is 98.0 cm³/mol. The van der Waals surface area contributed by atoms with Gasteiger partial charge in [-0.05, 0) is 42.0 Å². The number of hydrogen-bond donors (Lipinski definition) is 1. The molecule has 0 aliphatic heterocycles. The number of nitrogens with one attached hydrogen (secondary N) is 1. The molecule has 2 aromatic carbocycles. The summed E-state index contributed by atoms with van der Waals surface area (Å²) >= 11 is 0. The lowest BCUT2D eigenvalue weighted by Gasteiger charge is -2.11. The van der Waals surface area contributed by atoms with Crippen LogP contribution in [0.25, 0.3) is 0 Å². The molecule has 6 nitrogen and oxygen atoms in total. The molecule has 1 heterocycles. The smallest absolute Gasteiger partial charge is 0.342 e. The first kappa shape index (κ1) is 19.2. The van der Waals surface area contributed by atoms with Crippen molar-refractivity contribution in [3.63, 3.8) is 0 Å². The Balaban J connectivity index is 1.53. The number of ether oxygens (including phenoxy) is 2. The molecule has 3 aromatic rings. The summed E-state index contributed by atoms with van der Waals surface area (Å²) in [5.74, 6) is -0.553. The summed E-state index contributed by atoms with van der Waals surface area (Å²) < 4.78 is 28.8. The zero-order valence-corrected chi connectivity index (χ0v) is 14.9. The standard InChI is InChI=1S/C21H18FNO5/c22-16-9-7-15(8-10-16)13-27-19-6-2-1-5-18(19)21(25)28-14-20(24)23-12-17-4-3-11-26-17/h1-11H,12-14H2,(H,23,24). The fourth-order valence-corrected chi connectivity index (χ4v) is 2.36. The highest BCUT2D eigenvalue weighted by atomic mass is 19.1. The Hall–Kier alpha value is -3.61. The van der Waals surface area contributed by atoms with Crippen LogP contribution >= 0.6 is 0 Å². The Kier molecular flexibility index (Phi) is 6.41. The van der Waals surface area contributed by atoms with E-state index in [9.17, 15) is 14.0 Å². The summed E-state index contributed by atoms with van der Waals surface area (Å²) in [7, 11) is 0. The van der Waals surface area contributed by atoms with Crippen molar-refractivity contribution in [1.29, 1.82) is 0 Å². The fourth-order valence-electron chi connectivity index (χ4n) is 2.36. The highest BCUT2D eigenvalue weighted by molar-refractivity contribution is 5.93. The lowest BCUT2D eigenvalue weighted by atomic mass is 10.2. The van der Waals surface area contributed by atoms with Gasteiger partial charge in [0.1, 0.15) is 29.5 Å². The van der Waals surface area contributed by atoms with E-state index >= 15 is 0 Å². The Morgan fingerprint density at radius 1 is 1.00 bits per heavy atom. The van der Waals surface area contributed by atoms with E-state index in [1.165, 1.54) is 18.4 Å². The van der Waals surface area contributed by atoms with Gasteiger partial charge in [-0.25, -0.2) is 9.18 Å². The van der Waals surface area contributed by atoms with Gasteiger partial charge in [0.2, 0.25) is 0 Å². The van der Waals surface area contributed by atoms with Gasteiger partial charge in [0.25, 0.3) is 5.91 Å². The Morgan fingerprint density at radius 2 is 1.79 bits per heavy atom. The molecule has 0 spiro atoms. The number of furan rings is 1. The fraction of sp³-hybridized carbons (Fsp3) is 0.143. The van der Waals surface area contributed by atoms with Crippen LogP contribution in [0.3, 0.4) is 0 Å². The summed E-state index contributed by atoms with van der Waals surface area (Å²) in [6, 6.07) is 15.8. The molecule has 0 saturated carbocycles. The van der Waals surface area contributed by atoms with Gasteiger partial charge in [-0.3, -0.25) is 4.79 Å². The van der Waals surface area contributed by atoms with Crippen LogP contribution in [0.5, 0.6) is 5.75 Å². The van der Waals surface area contributed by atoms with Crippen molar-refractivity contribution in [2.24, 2.45) is 0 Å². The first-order valence-corrected chi connectivity index (χ1v) is 8.54. The van der Waals surface area contributed by atoms with Crippen molar-refractivity contribution in [1.82, 2.24) is 5.32 Å². The van der Waals surface area contributed by atoms with Crippen molar-refractivity contribution < 1.29 is 27.9 Å². The molecular weight excluding hydrogens is 365 g/mol. The van der Waals surface area contributed by atoms with Crippen molar-refractivity contribution in [2.45, 2.75) is 13.2 Å². The van der Waals surface area contributed by atoms with Crippen LogP contribution in [0.15, 0.2) is 71.3 Å². The predicted octanol–water partition coefficient (Wildman–Crippen LogP) is 3.47. The molecule has 144 valence electrons. The van der Waals surface area contributed by atoms with Crippen LogP contribution in [0.4, 0.5) is 4.39 Å². The van der Waals surface area contributed by atoms with Gasteiger partial charge in [-0.1, -0.05) is 24.3 Å². The van der Waals surface area contributed by atoms with Crippen molar-refractivity contribution in [2.75, 3.05) is 6.61 Å². The molecule has 0 unspecified atom stereocenters. The molecule has 0 radical (unpaired) electrons. The maximum Gasteiger partial charge on any atom is 0.342 e. The topological polar surface area (TPSA) is 77.8 Å². The summed E-state index contributed by atoms with van der Waals surface area (Å²) in [6.45, 7) is -0.0548. The molecule has 7 heteroatoms. The minimum atomic E-state index is -0.678. The maximum absolute atomic E-state index is 13.0. The number of rotatable bonds is 8. The number of halogens is 1. The number of hydrogen-bond acceptors (Lipinski definition) is 5. The van der Waals surface area contributed by atoms with Crippen LogP contribution in [0.2, 0.25) is 0 Å². The van der Waals surface area contributed by atoms with Crippen LogP contribution in [0.1, 0.15) is 21.7 Å². The highest BCUT2D eigenvalue weighted by Gasteiger charge is 2.15. The Bertz CT molecular complexity index is 922. The molecular formula is C21H18FNO5. The lowest BCUT2D eigenvalue weighted by Crippen LogP contribution is -2.28. The number of amides is 1. The number of esters is 1. The van der Waals surface area contributed by atoms with E-state index in [1.54, 1.807) is 48.5 Å². The molecule has 1 N–H and O–H groups in total. The van der Waals surface area contributed by atoms with E-state index in [4.69, 9.17) is 13.9 Å². The van der Waals surface area contributed by atoms with E-state index < -0.39 is 18.5 Å². The summed E-state index contributed by atoms with van der Waals surface area (Å²) in [5, 5.41) is 2.59. The first-order chi connectivity index (χ1) is 13.6. The van der Waals surface area contributed by atoms with E-state index in [1.807, 2.05) is 0 Å². The van der Waals surface area contributed by atoms with Gasteiger partial charge in [-0.2, -0.15) is 0 Å². The largest absolute Gasteiger partial charge is 0.488 e. The summed E-state index contributed by atoms with van der Waals surface area (Å²) in [5.41, 5.74) is 0.949. The third-order valence-electron chi connectivity index (χ3n) is 3.79. The maximum atomic E-state index is 13.0. The van der Waals surface area contributed by atoms with E-state index in [2.05, 4.69) is 5.32 Å². The van der Waals surface area contributed by atoms with Gasteiger partial charge >= 0.3 is 5.97 Å². The zero-order chi connectivity index (χ0) is 19.8. The second-order valence-corrected chi connectivity index (χ2v) is 5.84. The molecule has 0 aliphatic rings. The quantitative estimate of drug-likeness (QED) is 0.603. The van der Waals surface area contributed by atoms with E-state index in [0.717, 1.165) is 5.56 Å². The number of para-hydroxylation sites is 1. The molecule has 0 fully saturated rings. The average Bonchev–Trinajstić information content (AvgIpc) is 3.24. The molecule has 1 amide bonds. The summed E-state index contributed by atoms with van der Waals surface area (Å²) in [6.07, 6.45) is 1.50. The van der Waals surface area contributed by atoms with E-state index in [-0.39, 0.29) is 24.5 Å². The van der Waals surface area contributed by atoms with Gasteiger partial charge in [0, 0.05) is 0 Å². The average molecular weight is 383 g/mol. The summed E-state index contributed by atoms with van der Waals surface area (Å²) in [4.78, 5) is 24.1. The number of benzene rings is 2. The molecule has 28 heavy (non-hydrogen) atoms. The Morgan fingerprint density at radius 3 is 2.54 bits per heavy atom. The SMILES string of the molecule is O=C(COC(=O)c1ccccc1OCc1ccc(F)cc1)NCc1ccco1. The zero-order valence-electron chi connectivity index (χ0n) is 14.9. The molecule has 1 aromatic heterocycles. The minimum absolute atomic E-state index is 0.161. The Labute approximate surface area is 160 Å². The van der Waals surface area contributed by atoms with Crippen molar-refractivity contribution in [3.8, 4) is 5.75 Å². The number of carbonyl (C=O) groups is 2.